The van der Waals surface area contributed by atoms with Crippen molar-refractivity contribution in [3.8, 4) is 0 Å². The van der Waals surface area contributed by atoms with Crippen LogP contribution >= 0.6 is 0 Å². The van der Waals surface area contributed by atoms with Gasteiger partial charge in [0.2, 0.25) is 0 Å². The average Bonchev–Trinajstić information content (AvgIpc) is 2.36. The molecule has 2 N–H and O–H groups in total. The lowest BCUT2D eigenvalue weighted by molar-refractivity contribution is -0.192. The van der Waals surface area contributed by atoms with Gasteiger partial charge in [-0.25, -0.2) is 9.59 Å². The second-order valence-electron chi connectivity index (χ2n) is 4.98. The molecule has 0 aliphatic carbocycles. The topological polar surface area (TPSA) is 106 Å². The predicted molar refractivity (Wildman–Crippen MR) is 73.2 cm³/mol. The Morgan fingerprint density at radius 1 is 1.30 bits per heavy atom. The summed E-state index contributed by atoms with van der Waals surface area (Å²) in [6.07, 6.45) is -3.64. The Morgan fingerprint density at radius 2 is 1.83 bits per heavy atom. The molecule has 0 bridgehead atoms. The van der Waals surface area contributed by atoms with Gasteiger partial charge in [0.15, 0.2) is 6.29 Å². The van der Waals surface area contributed by atoms with E-state index in [9.17, 15) is 22.8 Å². The minimum absolute atomic E-state index is 0.174. The van der Waals surface area contributed by atoms with Gasteiger partial charge in [-0.05, 0) is 32.9 Å². The molecule has 0 saturated heterocycles. The first-order valence-corrected chi connectivity index (χ1v) is 6.07. The number of pyridine rings is 1. The zero-order chi connectivity index (χ0) is 18.3. The Morgan fingerprint density at radius 3 is 2.22 bits per heavy atom. The molecule has 1 amide bonds. The highest BCUT2D eigenvalue weighted by Crippen LogP contribution is 2.13. The molecule has 0 aliphatic rings. The Hall–Kier alpha value is -2.65. The number of anilines is 1. The number of carboxylic acid groups (broad SMARTS) is 1. The van der Waals surface area contributed by atoms with Crippen LogP contribution < -0.4 is 5.32 Å². The Labute approximate surface area is 129 Å². The summed E-state index contributed by atoms with van der Waals surface area (Å²) < 4.78 is 36.8. The lowest BCUT2D eigenvalue weighted by atomic mass is 10.2. The van der Waals surface area contributed by atoms with Crippen molar-refractivity contribution in [2.45, 2.75) is 32.5 Å². The van der Waals surface area contributed by atoms with E-state index < -0.39 is 23.8 Å². The van der Waals surface area contributed by atoms with Gasteiger partial charge in [0.25, 0.3) is 0 Å². The first kappa shape index (κ1) is 20.3. The lowest BCUT2D eigenvalue weighted by Gasteiger charge is -2.19. The molecule has 7 nitrogen and oxygen atoms in total. The third-order valence-electron chi connectivity index (χ3n) is 1.83. The smallest absolute Gasteiger partial charge is 0.475 e. The summed E-state index contributed by atoms with van der Waals surface area (Å²) >= 11 is 0. The molecule has 0 unspecified atom stereocenters. The van der Waals surface area contributed by atoms with Gasteiger partial charge in [-0.1, -0.05) is 0 Å². The van der Waals surface area contributed by atoms with E-state index in [1.807, 2.05) is 0 Å². The monoisotopic (exact) mass is 336 g/mol. The van der Waals surface area contributed by atoms with Gasteiger partial charge in [0.1, 0.15) is 11.3 Å². The minimum Gasteiger partial charge on any atom is -0.475 e. The molecule has 1 aromatic heterocycles. The van der Waals surface area contributed by atoms with Crippen molar-refractivity contribution in [3.63, 3.8) is 0 Å². The Kier molecular flexibility index (Phi) is 7.17. The second-order valence-corrected chi connectivity index (χ2v) is 4.98. The molecule has 10 heteroatoms. The van der Waals surface area contributed by atoms with Crippen LogP contribution in [-0.2, 0) is 9.53 Å². The fourth-order valence-corrected chi connectivity index (χ4v) is 1.03. The van der Waals surface area contributed by atoms with Crippen molar-refractivity contribution in [1.29, 1.82) is 0 Å². The van der Waals surface area contributed by atoms with E-state index >= 15 is 0 Å². The molecule has 1 rings (SSSR count). The highest BCUT2D eigenvalue weighted by Gasteiger charge is 2.38. The van der Waals surface area contributed by atoms with E-state index in [1.54, 1.807) is 32.9 Å². The van der Waals surface area contributed by atoms with Crippen LogP contribution in [0, 0.1) is 0 Å². The summed E-state index contributed by atoms with van der Waals surface area (Å²) in [7, 11) is 0. The normalized spacial score (nSPS) is 10.9. The van der Waals surface area contributed by atoms with Crippen LogP contribution in [0.4, 0.5) is 23.7 Å². The zero-order valence-electron chi connectivity index (χ0n) is 12.5. The number of rotatable bonds is 2. The van der Waals surface area contributed by atoms with E-state index in [4.69, 9.17) is 14.6 Å². The molecule has 1 heterocycles. The molecule has 23 heavy (non-hydrogen) atoms. The number of nitrogens with zero attached hydrogens (tertiary/aromatic N) is 1. The van der Waals surface area contributed by atoms with Crippen LogP contribution in [0.15, 0.2) is 18.3 Å². The number of hydrogen-bond acceptors (Lipinski definition) is 5. The summed E-state index contributed by atoms with van der Waals surface area (Å²) in [5.41, 5.74) is -0.0618. The minimum atomic E-state index is -5.08. The van der Waals surface area contributed by atoms with Crippen molar-refractivity contribution in [2.24, 2.45) is 0 Å². The molecule has 0 fully saturated rings. The fraction of sp³-hybridized carbons (Fsp3) is 0.385. The maximum atomic E-state index is 11.4. The maximum Gasteiger partial charge on any atom is 0.490 e. The molecule has 0 aromatic carbocycles. The number of carbonyl (C=O) groups is 3. The van der Waals surface area contributed by atoms with E-state index in [2.05, 4.69) is 10.3 Å². The van der Waals surface area contributed by atoms with Gasteiger partial charge < -0.3 is 9.84 Å². The van der Waals surface area contributed by atoms with Gasteiger partial charge in [0.05, 0.1) is 5.69 Å². The molecular formula is C13H15F3N2O5. The number of halogens is 3. The van der Waals surface area contributed by atoms with Gasteiger partial charge >= 0.3 is 18.2 Å². The maximum absolute atomic E-state index is 11.4. The van der Waals surface area contributed by atoms with Crippen molar-refractivity contribution in [2.75, 3.05) is 5.32 Å². The fourth-order valence-electron chi connectivity index (χ4n) is 1.03. The van der Waals surface area contributed by atoms with Crippen molar-refractivity contribution in [3.05, 3.63) is 24.0 Å². The molecule has 1 aromatic rings. The average molecular weight is 336 g/mol. The molecule has 128 valence electrons. The molecule has 0 aliphatic heterocycles. The van der Waals surface area contributed by atoms with Crippen LogP contribution in [0.25, 0.3) is 0 Å². The standard InChI is InChI=1S/C11H14N2O3.C2HF3O2/c1-11(2,3)16-10(15)13-8-5-4-6-12-9(8)7-14;3-2(4,5)1(6)7/h4-7H,1-3H3,(H,13,15);(H,6,7). The molecule has 0 spiro atoms. The van der Waals surface area contributed by atoms with Crippen LogP contribution in [0.1, 0.15) is 31.3 Å². The number of hydrogen-bond donors (Lipinski definition) is 2. The number of aldehydes is 1. The quantitative estimate of drug-likeness (QED) is 0.805. The first-order valence-electron chi connectivity index (χ1n) is 6.07. The Balaban J connectivity index is 0.000000585. The lowest BCUT2D eigenvalue weighted by Crippen LogP contribution is -2.27. The largest absolute Gasteiger partial charge is 0.490 e. The number of amides is 1. The van der Waals surface area contributed by atoms with Crippen molar-refractivity contribution < 1.29 is 37.4 Å². The number of nitrogens with one attached hydrogen (secondary N) is 1. The van der Waals surface area contributed by atoms with E-state index in [-0.39, 0.29) is 5.69 Å². The van der Waals surface area contributed by atoms with Crippen molar-refractivity contribution in [1.82, 2.24) is 4.98 Å². The van der Waals surface area contributed by atoms with Crippen LogP contribution in [0.3, 0.4) is 0 Å². The number of carbonyl (C=O) groups excluding carboxylic acids is 2. The third-order valence-corrected chi connectivity index (χ3v) is 1.83. The number of carboxylic acids is 1. The SMILES string of the molecule is CC(C)(C)OC(=O)Nc1cccnc1C=O.O=C(O)C(F)(F)F. The highest BCUT2D eigenvalue weighted by molar-refractivity contribution is 5.91. The predicted octanol–water partition coefficient (Wildman–Crippen LogP) is 2.87. The molecule has 0 atom stereocenters. The molecular weight excluding hydrogens is 321 g/mol. The van der Waals surface area contributed by atoms with Gasteiger partial charge in [0, 0.05) is 6.20 Å². The van der Waals surface area contributed by atoms with Gasteiger partial charge in [-0.3, -0.25) is 15.1 Å². The van der Waals surface area contributed by atoms with Gasteiger partial charge in [-0.2, -0.15) is 13.2 Å². The summed E-state index contributed by atoms with van der Waals surface area (Å²) in [4.78, 5) is 34.8. The van der Waals surface area contributed by atoms with Crippen LogP contribution in [0.5, 0.6) is 0 Å². The number of ether oxygens (including phenoxy) is 1. The second kappa shape index (κ2) is 8.11. The summed E-state index contributed by atoms with van der Waals surface area (Å²) in [5.74, 6) is -2.76. The molecule has 0 saturated carbocycles. The van der Waals surface area contributed by atoms with Crippen LogP contribution in [0.2, 0.25) is 0 Å². The number of alkyl halides is 3. The summed E-state index contributed by atoms with van der Waals surface area (Å²) in [6.45, 7) is 5.28. The summed E-state index contributed by atoms with van der Waals surface area (Å²) in [6, 6.07) is 3.21. The van der Waals surface area contributed by atoms with E-state index in [1.165, 1.54) is 6.20 Å². The zero-order valence-corrected chi connectivity index (χ0v) is 12.5. The molecule has 0 radical (unpaired) electrons. The summed E-state index contributed by atoms with van der Waals surface area (Å²) in [5, 5.41) is 9.59. The highest BCUT2D eigenvalue weighted by atomic mass is 19.4. The number of aliphatic carboxylic acids is 1. The van der Waals surface area contributed by atoms with Crippen molar-refractivity contribution >= 4 is 24.0 Å². The van der Waals surface area contributed by atoms with E-state index in [0.29, 0.717) is 12.0 Å². The third kappa shape index (κ3) is 9.06. The van der Waals surface area contributed by atoms with Gasteiger partial charge in [-0.15, -0.1) is 0 Å². The Bertz CT molecular complexity index is 567. The van der Waals surface area contributed by atoms with Crippen LogP contribution in [-0.4, -0.2) is 40.2 Å². The first-order chi connectivity index (χ1) is 10.4. The number of aromatic nitrogens is 1. The van der Waals surface area contributed by atoms with E-state index in [0.717, 1.165) is 0 Å².